The second-order valence-corrected chi connectivity index (χ2v) is 6.07. The highest BCUT2D eigenvalue weighted by atomic mass is 32.2. The molecule has 0 spiro atoms. The molecule has 7 heteroatoms. The Morgan fingerprint density at radius 2 is 2.00 bits per heavy atom. The van der Waals surface area contributed by atoms with Crippen molar-refractivity contribution in [2.75, 3.05) is 6.61 Å². The lowest BCUT2D eigenvalue weighted by molar-refractivity contribution is 0.137. The molecule has 2 rings (SSSR count). The molecule has 1 aliphatic rings. The summed E-state index contributed by atoms with van der Waals surface area (Å²) in [5, 5.41) is 8.81. The van der Waals surface area contributed by atoms with E-state index < -0.39 is 26.6 Å². The molecule has 0 atom stereocenters. The van der Waals surface area contributed by atoms with E-state index in [9.17, 15) is 17.2 Å². The molecule has 0 bridgehead atoms. The third-order valence-electron chi connectivity index (χ3n) is 3.02. The van der Waals surface area contributed by atoms with Gasteiger partial charge >= 0.3 is 0 Å². The zero-order chi connectivity index (χ0) is 13.3. The molecule has 0 unspecified atom stereocenters. The molecular formula is C11H13F2NO3S. The number of nitrogens with one attached hydrogen (secondary N) is 1. The van der Waals surface area contributed by atoms with Gasteiger partial charge in [-0.2, -0.15) is 0 Å². The Hall–Kier alpha value is -1.05. The summed E-state index contributed by atoms with van der Waals surface area (Å²) < 4.78 is 52.3. The molecular weight excluding hydrogens is 264 g/mol. The summed E-state index contributed by atoms with van der Waals surface area (Å²) in [6.45, 7) is 0.00650. The number of hydrogen-bond acceptors (Lipinski definition) is 3. The molecule has 1 fully saturated rings. The van der Waals surface area contributed by atoms with Crippen LogP contribution < -0.4 is 4.72 Å². The molecule has 0 aliphatic heterocycles. The molecule has 0 amide bonds. The summed E-state index contributed by atoms with van der Waals surface area (Å²) in [4.78, 5) is -0.685. The standard InChI is InChI=1S/C11H13F2NO3S/c12-9-2-1-3-10(11(9)13)18(16,17)14-8-4-7(5-8)6-15/h1-3,7-8,14-15H,4-6H2. The summed E-state index contributed by atoms with van der Waals surface area (Å²) in [5.74, 6) is -2.49. The largest absolute Gasteiger partial charge is 0.396 e. The Balaban J connectivity index is 2.14. The van der Waals surface area contributed by atoms with Crippen molar-refractivity contribution in [2.24, 2.45) is 5.92 Å². The first-order valence-corrected chi connectivity index (χ1v) is 6.99. The first kappa shape index (κ1) is 13.4. The van der Waals surface area contributed by atoms with Gasteiger partial charge in [-0.3, -0.25) is 0 Å². The van der Waals surface area contributed by atoms with Crippen LogP contribution in [0.15, 0.2) is 23.1 Å². The van der Waals surface area contributed by atoms with Gasteiger partial charge in [0.25, 0.3) is 0 Å². The van der Waals surface area contributed by atoms with Crippen LogP contribution in [0.1, 0.15) is 12.8 Å². The van der Waals surface area contributed by atoms with Gasteiger partial charge in [0.2, 0.25) is 10.0 Å². The van der Waals surface area contributed by atoms with Crippen molar-refractivity contribution in [2.45, 2.75) is 23.8 Å². The second kappa shape index (κ2) is 4.91. The number of sulfonamides is 1. The molecule has 1 saturated carbocycles. The summed E-state index contributed by atoms with van der Waals surface area (Å²) in [6, 6.07) is 2.70. The number of aliphatic hydroxyl groups is 1. The first-order valence-electron chi connectivity index (χ1n) is 5.51. The quantitative estimate of drug-likeness (QED) is 0.863. The van der Waals surface area contributed by atoms with Gasteiger partial charge in [0, 0.05) is 12.6 Å². The van der Waals surface area contributed by atoms with Crippen molar-refractivity contribution in [3.8, 4) is 0 Å². The summed E-state index contributed by atoms with van der Waals surface area (Å²) in [5.41, 5.74) is 0. The average molecular weight is 277 g/mol. The second-order valence-electron chi connectivity index (χ2n) is 4.39. The van der Waals surface area contributed by atoms with Crippen LogP contribution >= 0.6 is 0 Å². The molecule has 1 aromatic rings. The van der Waals surface area contributed by atoms with Gasteiger partial charge in [0.1, 0.15) is 4.90 Å². The fraction of sp³-hybridized carbons (Fsp3) is 0.455. The zero-order valence-corrected chi connectivity index (χ0v) is 10.3. The Bertz CT molecular complexity index is 541. The highest BCUT2D eigenvalue weighted by Gasteiger charge is 2.33. The van der Waals surface area contributed by atoms with Gasteiger partial charge in [0.05, 0.1) is 0 Å². The number of halogens is 2. The van der Waals surface area contributed by atoms with Crippen LogP contribution in [-0.4, -0.2) is 26.2 Å². The van der Waals surface area contributed by atoms with E-state index in [1.165, 1.54) is 0 Å². The van der Waals surface area contributed by atoms with Crippen LogP contribution in [0, 0.1) is 17.6 Å². The molecule has 0 saturated heterocycles. The van der Waals surface area contributed by atoms with Crippen LogP contribution in [0.4, 0.5) is 8.78 Å². The highest BCUT2D eigenvalue weighted by molar-refractivity contribution is 7.89. The molecule has 1 aliphatic carbocycles. The van der Waals surface area contributed by atoms with Crippen molar-refractivity contribution >= 4 is 10.0 Å². The summed E-state index contributed by atoms with van der Waals surface area (Å²) in [7, 11) is -4.05. The van der Waals surface area contributed by atoms with Gasteiger partial charge in [-0.25, -0.2) is 21.9 Å². The molecule has 2 N–H and O–H groups in total. The maximum absolute atomic E-state index is 13.4. The predicted octanol–water partition coefficient (Wildman–Crippen LogP) is 1.01. The van der Waals surface area contributed by atoms with E-state index in [2.05, 4.69) is 4.72 Å². The van der Waals surface area contributed by atoms with Crippen LogP contribution in [-0.2, 0) is 10.0 Å². The van der Waals surface area contributed by atoms with Gasteiger partial charge in [-0.1, -0.05) is 6.07 Å². The van der Waals surface area contributed by atoms with Crippen molar-refractivity contribution in [1.82, 2.24) is 4.72 Å². The normalized spacial score (nSPS) is 23.7. The van der Waals surface area contributed by atoms with Crippen LogP contribution in [0.5, 0.6) is 0 Å². The van der Waals surface area contributed by atoms with Crippen LogP contribution in [0.25, 0.3) is 0 Å². The van der Waals surface area contributed by atoms with E-state index in [1.54, 1.807) is 0 Å². The van der Waals surface area contributed by atoms with Gasteiger partial charge < -0.3 is 5.11 Å². The molecule has 1 aromatic carbocycles. The lowest BCUT2D eigenvalue weighted by atomic mass is 9.82. The average Bonchev–Trinajstić information content (AvgIpc) is 2.26. The molecule has 4 nitrogen and oxygen atoms in total. The highest BCUT2D eigenvalue weighted by Crippen LogP contribution is 2.28. The van der Waals surface area contributed by atoms with Gasteiger partial charge in [-0.15, -0.1) is 0 Å². The predicted molar refractivity (Wildman–Crippen MR) is 60.3 cm³/mol. The SMILES string of the molecule is O=S(=O)(NC1CC(CO)C1)c1cccc(F)c1F. The van der Waals surface area contributed by atoms with E-state index in [0.717, 1.165) is 18.2 Å². The summed E-state index contributed by atoms with van der Waals surface area (Å²) in [6.07, 6.45) is 1.01. The molecule has 100 valence electrons. The smallest absolute Gasteiger partial charge is 0.243 e. The van der Waals surface area contributed by atoms with E-state index in [4.69, 9.17) is 5.11 Å². The maximum atomic E-state index is 13.4. The fourth-order valence-corrected chi connectivity index (χ4v) is 3.30. The minimum atomic E-state index is -4.05. The Kier molecular flexibility index (Phi) is 3.65. The Morgan fingerprint density at radius 3 is 2.61 bits per heavy atom. The maximum Gasteiger partial charge on any atom is 0.243 e. The van der Waals surface area contributed by atoms with E-state index in [-0.39, 0.29) is 18.6 Å². The van der Waals surface area contributed by atoms with Crippen LogP contribution in [0.2, 0.25) is 0 Å². The van der Waals surface area contributed by atoms with Crippen molar-refractivity contribution in [3.63, 3.8) is 0 Å². The molecule has 0 heterocycles. The topological polar surface area (TPSA) is 66.4 Å². The summed E-state index contributed by atoms with van der Waals surface area (Å²) >= 11 is 0. The van der Waals surface area contributed by atoms with E-state index in [0.29, 0.717) is 12.8 Å². The fourth-order valence-electron chi connectivity index (χ4n) is 1.96. The minimum absolute atomic E-state index is 0.00650. The molecule has 0 aromatic heterocycles. The molecule has 0 radical (unpaired) electrons. The van der Waals surface area contributed by atoms with Crippen LogP contribution in [0.3, 0.4) is 0 Å². The first-order chi connectivity index (χ1) is 8.44. The number of hydrogen-bond donors (Lipinski definition) is 2. The third kappa shape index (κ3) is 2.52. The molecule has 18 heavy (non-hydrogen) atoms. The lowest BCUT2D eigenvalue weighted by Crippen LogP contribution is -2.45. The van der Waals surface area contributed by atoms with Crippen molar-refractivity contribution in [3.05, 3.63) is 29.8 Å². The van der Waals surface area contributed by atoms with Crippen molar-refractivity contribution in [1.29, 1.82) is 0 Å². The Morgan fingerprint density at radius 1 is 1.33 bits per heavy atom. The Labute approximate surface area is 104 Å². The number of aliphatic hydroxyl groups excluding tert-OH is 1. The zero-order valence-electron chi connectivity index (χ0n) is 9.44. The van der Waals surface area contributed by atoms with Gasteiger partial charge in [-0.05, 0) is 30.9 Å². The lowest BCUT2D eigenvalue weighted by Gasteiger charge is -2.34. The monoisotopic (exact) mass is 277 g/mol. The number of benzene rings is 1. The number of rotatable bonds is 4. The van der Waals surface area contributed by atoms with E-state index >= 15 is 0 Å². The van der Waals surface area contributed by atoms with E-state index in [1.807, 2.05) is 0 Å². The van der Waals surface area contributed by atoms with Crippen molar-refractivity contribution < 1.29 is 22.3 Å². The minimum Gasteiger partial charge on any atom is -0.396 e. The van der Waals surface area contributed by atoms with Gasteiger partial charge in [0.15, 0.2) is 11.6 Å². The third-order valence-corrected chi connectivity index (χ3v) is 4.56.